The third-order valence-electron chi connectivity index (χ3n) is 4.71. The molecule has 1 aromatic carbocycles. The van der Waals surface area contributed by atoms with Crippen molar-refractivity contribution in [2.45, 2.75) is 44.6 Å². The van der Waals surface area contributed by atoms with Crippen LogP contribution in [0, 0.1) is 0 Å². The molecule has 1 heterocycles. The number of anilines is 1. The lowest BCUT2D eigenvalue weighted by Crippen LogP contribution is -2.41. The maximum Gasteiger partial charge on any atom is 0.232 e. The minimum absolute atomic E-state index is 0.0230. The minimum atomic E-state index is -0.171. The summed E-state index contributed by atoms with van der Waals surface area (Å²) >= 11 is 0. The molecule has 0 radical (unpaired) electrons. The number of hydrogen-bond acceptors (Lipinski definition) is 4. The van der Waals surface area contributed by atoms with E-state index in [1.54, 1.807) is 24.4 Å². The monoisotopic (exact) mass is 352 g/mol. The van der Waals surface area contributed by atoms with Gasteiger partial charge in [-0.2, -0.15) is 0 Å². The maximum atomic E-state index is 12.9. The number of phenolic OH excluding ortho intramolecular Hbond substituents is 2. The molecule has 5 heteroatoms. The van der Waals surface area contributed by atoms with Crippen LogP contribution < -0.4 is 4.90 Å². The van der Waals surface area contributed by atoms with Gasteiger partial charge < -0.3 is 10.2 Å². The predicted molar refractivity (Wildman–Crippen MR) is 102 cm³/mol. The Kier molecular flexibility index (Phi) is 5.89. The van der Waals surface area contributed by atoms with Crippen LogP contribution in [0.1, 0.15) is 44.1 Å². The van der Waals surface area contributed by atoms with E-state index in [9.17, 15) is 15.0 Å². The molecule has 1 saturated carbocycles. The highest BCUT2D eigenvalue weighted by Crippen LogP contribution is 2.28. The van der Waals surface area contributed by atoms with Gasteiger partial charge in [0.15, 0.2) is 11.5 Å². The van der Waals surface area contributed by atoms with Crippen molar-refractivity contribution in [1.82, 2.24) is 4.98 Å². The summed E-state index contributed by atoms with van der Waals surface area (Å²) in [7, 11) is 0. The molecule has 1 aliphatic carbocycles. The molecule has 1 fully saturated rings. The molecule has 136 valence electrons. The molecule has 0 saturated heterocycles. The van der Waals surface area contributed by atoms with Crippen LogP contribution in [0.15, 0.2) is 48.7 Å². The molecule has 0 spiro atoms. The molecule has 1 amide bonds. The van der Waals surface area contributed by atoms with E-state index in [-0.39, 0.29) is 29.9 Å². The molecule has 26 heavy (non-hydrogen) atoms. The first-order valence-corrected chi connectivity index (χ1v) is 9.07. The molecule has 3 rings (SSSR count). The second kappa shape index (κ2) is 8.52. The Bertz CT molecular complexity index is 768. The van der Waals surface area contributed by atoms with Crippen LogP contribution in [-0.4, -0.2) is 27.1 Å². The van der Waals surface area contributed by atoms with E-state index in [1.165, 1.54) is 18.6 Å². The SMILES string of the molecule is O=C(C/C=C/c1ccc(O)c(O)c1)N(c1ccccn1)C1CCCCC1. The van der Waals surface area contributed by atoms with Crippen LogP contribution in [0.5, 0.6) is 11.5 Å². The van der Waals surface area contributed by atoms with E-state index in [1.807, 2.05) is 23.1 Å². The lowest BCUT2D eigenvalue weighted by Gasteiger charge is -2.33. The van der Waals surface area contributed by atoms with Gasteiger partial charge in [-0.05, 0) is 42.7 Å². The fraction of sp³-hybridized carbons (Fsp3) is 0.333. The van der Waals surface area contributed by atoms with Crippen LogP contribution in [0.4, 0.5) is 5.82 Å². The number of benzene rings is 1. The van der Waals surface area contributed by atoms with Crippen LogP contribution in [0.25, 0.3) is 6.08 Å². The van der Waals surface area contributed by atoms with E-state index in [4.69, 9.17) is 0 Å². The fourth-order valence-corrected chi connectivity index (χ4v) is 3.39. The summed E-state index contributed by atoms with van der Waals surface area (Å²) in [6.07, 6.45) is 11.1. The highest BCUT2D eigenvalue weighted by molar-refractivity contribution is 5.94. The van der Waals surface area contributed by atoms with E-state index in [0.29, 0.717) is 5.82 Å². The smallest absolute Gasteiger partial charge is 0.232 e. The number of aromatic hydroxyl groups is 2. The molecule has 0 atom stereocenters. The van der Waals surface area contributed by atoms with Gasteiger partial charge in [0.1, 0.15) is 5.82 Å². The first-order valence-electron chi connectivity index (χ1n) is 9.07. The molecule has 0 aliphatic heterocycles. The molecule has 0 unspecified atom stereocenters. The highest BCUT2D eigenvalue weighted by atomic mass is 16.3. The zero-order valence-electron chi connectivity index (χ0n) is 14.7. The normalized spacial score (nSPS) is 15.2. The summed E-state index contributed by atoms with van der Waals surface area (Å²) in [5.74, 6) is 0.405. The third-order valence-corrected chi connectivity index (χ3v) is 4.71. The molecule has 2 aromatic rings. The van der Waals surface area contributed by atoms with Crippen molar-refractivity contribution in [2.75, 3.05) is 4.90 Å². The van der Waals surface area contributed by atoms with Crippen molar-refractivity contribution in [1.29, 1.82) is 0 Å². The van der Waals surface area contributed by atoms with E-state index in [2.05, 4.69) is 4.98 Å². The Hall–Kier alpha value is -2.82. The van der Waals surface area contributed by atoms with Gasteiger partial charge in [0.25, 0.3) is 0 Å². The molecule has 5 nitrogen and oxygen atoms in total. The number of amides is 1. The van der Waals surface area contributed by atoms with E-state index >= 15 is 0 Å². The summed E-state index contributed by atoms with van der Waals surface area (Å²) in [6, 6.07) is 10.4. The molecular formula is C21H24N2O3. The van der Waals surface area contributed by atoms with Gasteiger partial charge in [0, 0.05) is 18.7 Å². The van der Waals surface area contributed by atoms with Gasteiger partial charge >= 0.3 is 0 Å². The first-order chi connectivity index (χ1) is 12.6. The van der Waals surface area contributed by atoms with Crippen LogP contribution in [-0.2, 0) is 4.79 Å². The van der Waals surface area contributed by atoms with Gasteiger partial charge in [0.05, 0.1) is 0 Å². The summed E-state index contributed by atoms with van der Waals surface area (Å²) in [6.45, 7) is 0. The Balaban J connectivity index is 1.72. The summed E-state index contributed by atoms with van der Waals surface area (Å²) in [4.78, 5) is 19.1. The van der Waals surface area contributed by atoms with Gasteiger partial charge in [-0.3, -0.25) is 9.69 Å². The largest absolute Gasteiger partial charge is 0.504 e. The predicted octanol–water partition coefficient (Wildman–Crippen LogP) is 4.26. The molecule has 0 bridgehead atoms. The van der Waals surface area contributed by atoms with Crippen molar-refractivity contribution >= 4 is 17.8 Å². The topological polar surface area (TPSA) is 73.7 Å². The first kappa shape index (κ1) is 18.0. The summed E-state index contributed by atoms with van der Waals surface area (Å²) < 4.78 is 0. The number of carbonyl (C=O) groups is 1. The number of carbonyl (C=O) groups excluding carboxylic acids is 1. The second-order valence-corrected chi connectivity index (χ2v) is 6.60. The van der Waals surface area contributed by atoms with E-state index < -0.39 is 0 Å². The quantitative estimate of drug-likeness (QED) is 0.789. The average molecular weight is 352 g/mol. The molecule has 2 N–H and O–H groups in total. The van der Waals surface area contributed by atoms with Crippen molar-refractivity contribution in [3.05, 3.63) is 54.2 Å². The Morgan fingerprint density at radius 2 is 1.92 bits per heavy atom. The zero-order valence-corrected chi connectivity index (χ0v) is 14.7. The van der Waals surface area contributed by atoms with Crippen molar-refractivity contribution in [3.8, 4) is 11.5 Å². The lowest BCUT2D eigenvalue weighted by molar-refractivity contribution is -0.118. The number of nitrogens with zero attached hydrogens (tertiary/aromatic N) is 2. The molecular weight excluding hydrogens is 328 g/mol. The maximum absolute atomic E-state index is 12.9. The van der Waals surface area contributed by atoms with E-state index in [0.717, 1.165) is 31.2 Å². The number of aromatic nitrogens is 1. The van der Waals surface area contributed by atoms with Crippen LogP contribution in [0.3, 0.4) is 0 Å². The van der Waals surface area contributed by atoms with Gasteiger partial charge in [-0.15, -0.1) is 0 Å². The number of phenols is 2. The van der Waals surface area contributed by atoms with Crippen molar-refractivity contribution in [3.63, 3.8) is 0 Å². The fourth-order valence-electron chi connectivity index (χ4n) is 3.39. The lowest BCUT2D eigenvalue weighted by atomic mass is 9.94. The van der Waals surface area contributed by atoms with Crippen molar-refractivity contribution in [2.24, 2.45) is 0 Å². The average Bonchev–Trinajstić information content (AvgIpc) is 2.67. The zero-order chi connectivity index (χ0) is 18.4. The van der Waals surface area contributed by atoms with Crippen molar-refractivity contribution < 1.29 is 15.0 Å². The number of hydrogen-bond donors (Lipinski definition) is 2. The highest BCUT2D eigenvalue weighted by Gasteiger charge is 2.26. The third kappa shape index (κ3) is 4.42. The number of pyridine rings is 1. The van der Waals surface area contributed by atoms with Crippen LogP contribution >= 0.6 is 0 Å². The second-order valence-electron chi connectivity index (χ2n) is 6.60. The summed E-state index contributed by atoms with van der Waals surface area (Å²) in [5.41, 5.74) is 0.732. The van der Waals surface area contributed by atoms with Gasteiger partial charge in [-0.25, -0.2) is 4.98 Å². The molecule has 1 aliphatic rings. The summed E-state index contributed by atoms with van der Waals surface area (Å²) in [5, 5.41) is 18.9. The van der Waals surface area contributed by atoms with Crippen LogP contribution in [0.2, 0.25) is 0 Å². The Morgan fingerprint density at radius 1 is 1.12 bits per heavy atom. The Morgan fingerprint density at radius 3 is 2.62 bits per heavy atom. The van der Waals surface area contributed by atoms with Gasteiger partial charge in [-0.1, -0.05) is 43.5 Å². The molecule has 1 aromatic heterocycles. The number of rotatable bonds is 5. The van der Waals surface area contributed by atoms with Gasteiger partial charge in [0.2, 0.25) is 5.91 Å². The minimum Gasteiger partial charge on any atom is -0.504 e. The Labute approximate surface area is 153 Å². The standard InChI is InChI=1S/C21H24N2O3/c24-18-13-12-16(15-19(18)25)7-6-11-21(26)23(17-8-2-1-3-9-17)20-10-4-5-14-22-20/h4-7,10,12-15,17,24-25H,1-3,8-9,11H2/b7-6+.